The number of hydrogen-bond donors (Lipinski definition) is 12. The zero-order valence-electron chi connectivity index (χ0n) is 68.9. The summed E-state index contributed by atoms with van der Waals surface area (Å²) in [6.45, 7) is 23.6. The molecule has 12 N–H and O–H groups in total. The fourth-order valence-electron chi connectivity index (χ4n) is 15.0. The molecule has 0 saturated carbocycles. The van der Waals surface area contributed by atoms with Crippen LogP contribution in [0.5, 0.6) is 46.0 Å². The smallest absolute Gasteiger partial charge is 0.251 e. The minimum absolute atomic E-state index is 0.0596. The zero-order chi connectivity index (χ0) is 82.3. The van der Waals surface area contributed by atoms with Crippen LogP contribution in [0.25, 0.3) is 0 Å². The lowest BCUT2D eigenvalue weighted by atomic mass is 9.96. The quantitative estimate of drug-likeness (QED) is 0.0186. The molecule has 24 nitrogen and oxygen atoms in total. The molecule has 0 spiro atoms. The Bertz CT molecular complexity index is 5020. The first-order valence-corrected chi connectivity index (χ1v) is 42.0. The van der Waals surface area contributed by atoms with Crippen molar-refractivity contribution in [3.8, 4) is 46.0 Å². The molecule has 8 heterocycles. The third-order valence-electron chi connectivity index (χ3n) is 21.0. The first kappa shape index (κ1) is 83.3. The lowest BCUT2D eigenvalue weighted by Crippen LogP contribution is -2.24. The van der Waals surface area contributed by atoms with Crippen molar-refractivity contribution in [2.75, 3.05) is 122 Å². The number of amides is 4. The number of ether oxygens (including phenoxy) is 8. The van der Waals surface area contributed by atoms with E-state index in [1.165, 1.54) is 0 Å². The lowest BCUT2D eigenvalue weighted by molar-refractivity contribution is -0.117. The lowest BCUT2D eigenvalue weighted by Gasteiger charge is -2.23. The second-order valence-corrected chi connectivity index (χ2v) is 29.5. The largest absolute Gasteiger partial charge is 0.494 e. The van der Waals surface area contributed by atoms with Crippen molar-refractivity contribution in [3.63, 3.8) is 0 Å². The normalized spacial score (nSPS) is 17.4. The van der Waals surface area contributed by atoms with Gasteiger partial charge >= 0.3 is 0 Å². The van der Waals surface area contributed by atoms with Crippen molar-refractivity contribution in [3.05, 3.63) is 237 Å². The molecule has 24 heteroatoms. The molecule has 4 atom stereocenters. The number of rotatable bonds is 30. The Morgan fingerprint density at radius 2 is 0.500 bits per heavy atom. The Kier molecular flexibility index (Phi) is 28.8. The summed E-state index contributed by atoms with van der Waals surface area (Å²) in [7, 11) is 0. The van der Waals surface area contributed by atoms with Gasteiger partial charge in [-0.2, -0.15) is 0 Å². The van der Waals surface area contributed by atoms with Crippen LogP contribution in [0.3, 0.4) is 0 Å². The average Bonchev–Trinajstić information content (AvgIpc) is 1.65. The maximum Gasteiger partial charge on any atom is 0.251 e. The summed E-state index contributed by atoms with van der Waals surface area (Å²) in [5.74, 6) is 5.82. The van der Waals surface area contributed by atoms with Crippen molar-refractivity contribution < 1.29 is 57.1 Å². The van der Waals surface area contributed by atoms with Crippen LogP contribution in [-0.2, 0) is 19.2 Å². The predicted molar refractivity (Wildman–Crippen MR) is 467 cm³/mol. The molecule has 16 rings (SSSR count). The number of fused-ring (bicyclic) bond motifs is 4. The third-order valence-corrected chi connectivity index (χ3v) is 21.0. The molecule has 0 saturated heterocycles. The highest BCUT2D eigenvalue weighted by Crippen LogP contribution is 2.48. The number of nitrogens with one attached hydrogen (secondary N) is 12. The monoisotopic (exact) mass is 1600 g/mol. The van der Waals surface area contributed by atoms with Crippen molar-refractivity contribution in [2.45, 2.75) is 144 Å². The molecule has 8 aliphatic rings. The Balaban J connectivity index is 0.000000136. The van der Waals surface area contributed by atoms with E-state index in [0.29, 0.717) is 101 Å². The molecule has 0 aliphatic carbocycles. The van der Waals surface area contributed by atoms with Gasteiger partial charge in [-0.05, 0) is 149 Å². The minimum atomic E-state index is -0.324. The van der Waals surface area contributed by atoms with Crippen LogP contribution in [0.15, 0.2) is 215 Å². The van der Waals surface area contributed by atoms with Crippen molar-refractivity contribution in [1.82, 2.24) is 21.3 Å². The van der Waals surface area contributed by atoms with Crippen LogP contribution >= 0.6 is 0 Å². The second-order valence-electron chi connectivity index (χ2n) is 29.5. The van der Waals surface area contributed by atoms with Crippen molar-refractivity contribution in [2.24, 2.45) is 0 Å². The Hall–Kier alpha value is -12.6. The second kappa shape index (κ2) is 40.8. The van der Waals surface area contributed by atoms with Gasteiger partial charge < -0.3 is 102 Å². The van der Waals surface area contributed by atoms with E-state index >= 15 is 0 Å². The summed E-state index contributed by atoms with van der Waals surface area (Å²) in [4.78, 5) is 50.9. The van der Waals surface area contributed by atoms with Gasteiger partial charge in [-0.1, -0.05) is 116 Å². The highest BCUT2D eigenvalue weighted by molar-refractivity contribution is 6.04. The standard InChI is InChI=1S/C25H31N3O3.C24H29N3O3.C23H27N3O3.C22H25N3O3/c1-3-5-13-30-17-11-12-18(22(15-17)31-14-6-4-2)24-23-21(16-26-25(23)29)27-19-9-7-8-10-20(19)28-24;1-3-5-13-29-16-10-11-17(21(14-16)30-12-4-2)23-22-20(15-25-24(22)28)26-18-8-6-7-9-19(18)27-23;1-3-5-12-29-15-10-11-16(20(13-15)28-4-2)22-21-19(14-24-23(21)27)25-17-8-6-7-9-18(17)26-22;1-3-11-28-19-12-14(27-4-2)9-10-15(19)21-20-18(13-23-22(20)26)24-16-7-5-6-8-17(16)25-21/h7-12,15,24,27-28H,3-6,13-14,16H2,1-2H3,(H,26,29);6-11,14,23,26-27H,3-5,12-13,15H2,1-2H3,(H,25,28);6-11,13,22,25-26H,3-5,12,14H2,1-2H3,(H,24,27);5-10,12,21,24-25H,3-4,11,13H2,1-2H3,(H,23,26). The number of unbranched alkanes of at least 4 members (excludes halogenated alkanes) is 4. The molecule has 4 unspecified atom stereocenters. The van der Waals surface area contributed by atoms with Gasteiger partial charge in [0.15, 0.2) is 0 Å². The van der Waals surface area contributed by atoms with Gasteiger partial charge in [0.2, 0.25) is 0 Å². The molecule has 118 heavy (non-hydrogen) atoms. The summed E-state index contributed by atoms with van der Waals surface area (Å²) in [6, 6.07) is 54.2. The number of carbonyl (C=O) groups is 4. The van der Waals surface area contributed by atoms with E-state index in [2.05, 4.69) is 105 Å². The summed E-state index contributed by atoms with van der Waals surface area (Å²) < 4.78 is 47.6. The maximum atomic E-state index is 12.8. The zero-order valence-corrected chi connectivity index (χ0v) is 68.9. The van der Waals surface area contributed by atoms with Crippen LogP contribution in [0.2, 0.25) is 0 Å². The van der Waals surface area contributed by atoms with Crippen LogP contribution < -0.4 is 102 Å². The van der Waals surface area contributed by atoms with E-state index in [1.807, 2.05) is 184 Å². The Morgan fingerprint density at radius 3 is 0.754 bits per heavy atom. The van der Waals surface area contributed by atoms with Gasteiger partial charge in [0, 0.05) is 69.3 Å². The van der Waals surface area contributed by atoms with E-state index in [0.717, 1.165) is 201 Å². The Morgan fingerprint density at radius 1 is 0.263 bits per heavy atom. The number of benzene rings is 8. The van der Waals surface area contributed by atoms with Gasteiger partial charge in [-0.25, -0.2) is 0 Å². The first-order valence-electron chi connectivity index (χ1n) is 42.0. The summed E-state index contributed by atoms with van der Waals surface area (Å²) >= 11 is 0. The third kappa shape index (κ3) is 19.9. The SMILES string of the molecule is CCCCOc1ccc(C2Nc3ccccc3NC3=C2C(=O)NC3)c(OCC)c1.CCCCOc1ccc(C2Nc3ccccc3NC3=C2C(=O)NC3)c(OCCC)c1.CCCCOc1ccc(C2Nc3ccccc3NC3=C2C(=O)NC3)c(OCCCC)c1.CCCOc1cc(OCC)ccc1C1Nc2ccccc2NC2=C1C(=O)NC2. The van der Waals surface area contributed by atoms with Crippen LogP contribution in [-0.4, -0.2) is 103 Å². The molecular weight excluding hydrogens is 1490 g/mol. The average molecular weight is 1600 g/mol. The van der Waals surface area contributed by atoms with E-state index in [4.69, 9.17) is 37.9 Å². The van der Waals surface area contributed by atoms with Gasteiger partial charge in [0.1, 0.15) is 46.0 Å². The topological polar surface area (TPSA) is 286 Å². The van der Waals surface area contributed by atoms with Crippen molar-refractivity contribution in [1.29, 1.82) is 0 Å². The van der Waals surface area contributed by atoms with Gasteiger partial charge in [-0.3, -0.25) is 19.2 Å². The predicted octanol–water partition coefficient (Wildman–Crippen LogP) is 17.7. The number of para-hydroxylation sites is 8. The number of hydrogen-bond acceptors (Lipinski definition) is 20. The number of anilines is 8. The molecule has 0 aromatic heterocycles. The van der Waals surface area contributed by atoms with E-state index in [9.17, 15) is 19.2 Å². The highest BCUT2D eigenvalue weighted by Gasteiger charge is 2.40. The van der Waals surface area contributed by atoms with Gasteiger partial charge in [0.05, 0.1) is 171 Å². The first-order chi connectivity index (χ1) is 57.8. The molecule has 0 radical (unpaired) electrons. The molecule has 0 fully saturated rings. The van der Waals surface area contributed by atoms with Gasteiger partial charge in [0.25, 0.3) is 23.6 Å². The van der Waals surface area contributed by atoms with Gasteiger partial charge in [-0.15, -0.1) is 0 Å². The highest BCUT2D eigenvalue weighted by atomic mass is 16.5. The van der Waals surface area contributed by atoms with E-state index < -0.39 is 0 Å². The molecule has 8 aliphatic heterocycles. The fraction of sp³-hybridized carbons (Fsp3) is 0.362. The fourth-order valence-corrected chi connectivity index (χ4v) is 15.0. The molecule has 0 bridgehead atoms. The molecule has 8 aromatic carbocycles. The molecular formula is C94H112N12O12. The number of carbonyl (C=O) groups excluding carboxylic acids is 4. The molecule has 620 valence electrons. The molecule has 4 amide bonds. The van der Waals surface area contributed by atoms with Crippen LogP contribution in [0.4, 0.5) is 45.5 Å². The Labute approximate surface area is 692 Å². The van der Waals surface area contributed by atoms with Crippen LogP contribution in [0, 0.1) is 0 Å². The summed E-state index contributed by atoms with van der Waals surface area (Å²) in [6.07, 6.45) is 10.1. The van der Waals surface area contributed by atoms with Crippen LogP contribution in [0.1, 0.15) is 166 Å². The summed E-state index contributed by atoms with van der Waals surface area (Å²) in [5, 5.41) is 39.7. The minimum Gasteiger partial charge on any atom is -0.494 e. The summed E-state index contributed by atoms with van der Waals surface area (Å²) in [5.41, 5.74) is 17.7. The van der Waals surface area contributed by atoms with Crippen molar-refractivity contribution >= 4 is 69.1 Å². The molecule has 8 aromatic rings. The maximum absolute atomic E-state index is 12.8. The van der Waals surface area contributed by atoms with E-state index in [-0.39, 0.29) is 47.8 Å². The van der Waals surface area contributed by atoms with E-state index in [1.54, 1.807) is 0 Å².